The first-order chi connectivity index (χ1) is 11.7. The summed E-state index contributed by atoms with van der Waals surface area (Å²) in [6.07, 6.45) is 4.74. The molecular formula is C15H14FN7O. The standard InChI is InChI=1S/C15H14FN7O/c16-12-7-17-5-3-11(12)15(24)19-10-4-6-22(8-10)14-2-1-13-20-18-9-23(13)21-14/h1-3,5,7,9-10H,4,6,8H2,(H,19,24). The summed E-state index contributed by atoms with van der Waals surface area (Å²) < 4.78 is 15.2. The number of pyridine rings is 1. The maximum Gasteiger partial charge on any atom is 0.254 e. The first-order valence-corrected chi connectivity index (χ1v) is 7.53. The van der Waals surface area contributed by atoms with Gasteiger partial charge in [-0.3, -0.25) is 9.78 Å². The molecule has 1 saturated heterocycles. The third kappa shape index (κ3) is 2.64. The minimum Gasteiger partial charge on any atom is -0.353 e. The van der Waals surface area contributed by atoms with Gasteiger partial charge in [0.2, 0.25) is 0 Å². The Morgan fingerprint density at radius 3 is 3.12 bits per heavy atom. The van der Waals surface area contributed by atoms with E-state index in [9.17, 15) is 9.18 Å². The Hall–Kier alpha value is -3.10. The van der Waals surface area contributed by atoms with Crippen LogP contribution in [0.1, 0.15) is 16.8 Å². The van der Waals surface area contributed by atoms with Crippen molar-refractivity contribution in [1.82, 2.24) is 30.1 Å². The molecule has 1 amide bonds. The van der Waals surface area contributed by atoms with Crippen molar-refractivity contribution in [3.63, 3.8) is 0 Å². The van der Waals surface area contributed by atoms with Gasteiger partial charge in [0.05, 0.1) is 11.8 Å². The summed E-state index contributed by atoms with van der Waals surface area (Å²) in [6.45, 7) is 1.36. The van der Waals surface area contributed by atoms with Crippen LogP contribution in [-0.4, -0.2) is 49.8 Å². The van der Waals surface area contributed by atoms with Crippen LogP contribution < -0.4 is 10.2 Å². The quantitative estimate of drug-likeness (QED) is 0.760. The van der Waals surface area contributed by atoms with Crippen LogP contribution in [0, 0.1) is 5.82 Å². The van der Waals surface area contributed by atoms with Gasteiger partial charge in [-0.15, -0.1) is 15.3 Å². The number of hydrogen-bond donors (Lipinski definition) is 1. The van der Waals surface area contributed by atoms with Crippen LogP contribution in [-0.2, 0) is 0 Å². The minimum atomic E-state index is -0.621. The summed E-state index contributed by atoms with van der Waals surface area (Å²) in [5, 5.41) is 15.0. The normalized spacial score (nSPS) is 17.4. The number of carbonyl (C=O) groups is 1. The molecular weight excluding hydrogens is 313 g/mol. The van der Waals surface area contributed by atoms with Crippen molar-refractivity contribution in [3.05, 3.63) is 48.3 Å². The number of aromatic nitrogens is 5. The molecule has 1 unspecified atom stereocenters. The van der Waals surface area contributed by atoms with Crippen LogP contribution in [0.5, 0.6) is 0 Å². The van der Waals surface area contributed by atoms with E-state index in [1.807, 2.05) is 12.1 Å². The Bertz CT molecular complexity index is 896. The molecule has 1 fully saturated rings. The third-order valence-electron chi connectivity index (χ3n) is 4.01. The fourth-order valence-corrected chi connectivity index (χ4v) is 2.80. The number of fused-ring (bicyclic) bond motifs is 1. The first-order valence-electron chi connectivity index (χ1n) is 7.53. The highest BCUT2D eigenvalue weighted by molar-refractivity contribution is 5.94. The van der Waals surface area contributed by atoms with E-state index in [-0.39, 0.29) is 11.6 Å². The number of nitrogens with zero attached hydrogens (tertiary/aromatic N) is 6. The lowest BCUT2D eigenvalue weighted by molar-refractivity contribution is 0.0936. The Morgan fingerprint density at radius 2 is 2.25 bits per heavy atom. The Kier molecular flexibility index (Phi) is 3.52. The Balaban J connectivity index is 1.44. The van der Waals surface area contributed by atoms with Crippen LogP contribution >= 0.6 is 0 Å². The van der Waals surface area contributed by atoms with Crippen molar-refractivity contribution >= 4 is 17.4 Å². The molecule has 4 heterocycles. The lowest BCUT2D eigenvalue weighted by Gasteiger charge is -2.17. The van der Waals surface area contributed by atoms with E-state index < -0.39 is 11.7 Å². The molecule has 3 aromatic heterocycles. The van der Waals surface area contributed by atoms with Crippen molar-refractivity contribution in [2.75, 3.05) is 18.0 Å². The summed E-state index contributed by atoms with van der Waals surface area (Å²) in [6, 6.07) is 5.02. The zero-order chi connectivity index (χ0) is 16.5. The molecule has 8 nitrogen and oxygen atoms in total. The number of halogens is 1. The van der Waals surface area contributed by atoms with E-state index in [0.717, 1.165) is 25.0 Å². The molecule has 122 valence electrons. The van der Waals surface area contributed by atoms with Gasteiger partial charge in [-0.05, 0) is 24.6 Å². The molecule has 0 radical (unpaired) electrons. The lowest BCUT2D eigenvalue weighted by Crippen LogP contribution is -2.37. The molecule has 0 saturated carbocycles. The van der Waals surface area contributed by atoms with Gasteiger partial charge in [-0.1, -0.05) is 0 Å². The minimum absolute atomic E-state index is 0.00693. The number of rotatable bonds is 3. The highest BCUT2D eigenvalue weighted by atomic mass is 19.1. The van der Waals surface area contributed by atoms with Gasteiger partial charge in [-0.2, -0.15) is 4.52 Å². The second-order valence-electron chi connectivity index (χ2n) is 5.59. The van der Waals surface area contributed by atoms with Crippen molar-refractivity contribution in [3.8, 4) is 0 Å². The predicted octanol–water partition coefficient (Wildman–Crippen LogP) is 0.667. The van der Waals surface area contributed by atoms with E-state index in [1.165, 1.54) is 12.3 Å². The summed E-state index contributed by atoms with van der Waals surface area (Å²) in [7, 11) is 0. The second-order valence-corrected chi connectivity index (χ2v) is 5.59. The molecule has 1 aliphatic heterocycles. The fourth-order valence-electron chi connectivity index (χ4n) is 2.80. The molecule has 0 bridgehead atoms. The number of hydrogen-bond acceptors (Lipinski definition) is 6. The number of amides is 1. The topological polar surface area (TPSA) is 88.3 Å². The highest BCUT2D eigenvalue weighted by Gasteiger charge is 2.26. The van der Waals surface area contributed by atoms with Crippen molar-refractivity contribution in [1.29, 1.82) is 0 Å². The fraction of sp³-hybridized carbons (Fsp3) is 0.267. The van der Waals surface area contributed by atoms with E-state index in [1.54, 1.807) is 10.8 Å². The summed E-state index contributed by atoms with van der Waals surface area (Å²) in [5.41, 5.74) is 0.684. The molecule has 0 aliphatic carbocycles. The van der Waals surface area contributed by atoms with Crippen LogP contribution in [0.15, 0.2) is 36.9 Å². The Morgan fingerprint density at radius 1 is 1.33 bits per heavy atom. The van der Waals surface area contributed by atoms with Gasteiger partial charge in [-0.25, -0.2) is 4.39 Å². The summed E-state index contributed by atoms with van der Waals surface area (Å²) >= 11 is 0. The van der Waals surface area contributed by atoms with E-state index in [2.05, 4.69) is 30.5 Å². The van der Waals surface area contributed by atoms with E-state index in [4.69, 9.17) is 0 Å². The van der Waals surface area contributed by atoms with Crippen molar-refractivity contribution in [2.24, 2.45) is 0 Å². The molecule has 9 heteroatoms. The molecule has 1 aliphatic rings. The maximum absolute atomic E-state index is 13.6. The molecule has 0 spiro atoms. The van der Waals surface area contributed by atoms with E-state index in [0.29, 0.717) is 12.2 Å². The second kappa shape index (κ2) is 5.84. The zero-order valence-corrected chi connectivity index (χ0v) is 12.6. The molecule has 1 N–H and O–H groups in total. The van der Waals surface area contributed by atoms with Gasteiger partial charge in [0, 0.05) is 25.3 Å². The molecule has 24 heavy (non-hydrogen) atoms. The van der Waals surface area contributed by atoms with Crippen molar-refractivity contribution < 1.29 is 9.18 Å². The van der Waals surface area contributed by atoms with Gasteiger partial charge in [0.25, 0.3) is 5.91 Å². The van der Waals surface area contributed by atoms with Crippen LogP contribution in [0.3, 0.4) is 0 Å². The van der Waals surface area contributed by atoms with Gasteiger partial charge < -0.3 is 10.2 Å². The highest BCUT2D eigenvalue weighted by Crippen LogP contribution is 2.18. The molecule has 4 rings (SSSR count). The van der Waals surface area contributed by atoms with E-state index >= 15 is 0 Å². The van der Waals surface area contributed by atoms with Crippen LogP contribution in [0.4, 0.5) is 10.2 Å². The first kappa shape index (κ1) is 14.5. The number of anilines is 1. The van der Waals surface area contributed by atoms with Crippen LogP contribution in [0.25, 0.3) is 5.65 Å². The lowest BCUT2D eigenvalue weighted by atomic mass is 10.2. The Labute approximate surface area is 136 Å². The molecule has 1 atom stereocenters. The average Bonchev–Trinajstić information content (AvgIpc) is 3.23. The zero-order valence-electron chi connectivity index (χ0n) is 12.6. The molecule has 0 aromatic carbocycles. The van der Waals surface area contributed by atoms with Crippen LogP contribution in [0.2, 0.25) is 0 Å². The van der Waals surface area contributed by atoms with Gasteiger partial charge in [0.1, 0.15) is 12.1 Å². The summed E-state index contributed by atoms with van der Waals surface area (Å²) in [5.74, 6) is -0.261. The number of carbonyl (C=O) groups excluding carboxylic acids is 1. The SMILES string of the molecule is O=C(NC1CCN(c2ccc3nncn3n2)C1)c1ccncc1F. The number of nitrogens with one attached hydrogen (secondary N) is 1. The predicted molar refractivity (Wildman–Crippen MR) is 83.1 cm³/mol. The van der Waals surface area contributed by atoms with Gasteiger partial charge in [0.15, 0.2) is 11.5 Å². The maximum atomic E-state index is 13.6. The van der Waals surface area contributed by atoms with Gasteiger partial charge >= 0.3 is 0 Å². The largest absolute Gasteiger partial charge is 0.353 e. The summed E-state index contributed by atoms with van der Waals surface area (Å²) in [4.78, 5) is 17.9. The van der Waals surface area contributed by atoms with Crippen molar-refractivity contribution in [2.45, 2.75) is 12.5 Å². The third-order valence-corrected chi connectivity index (χ3v) is 4.01. The average molecular weight is 327 g/mol. The monoisotopic (exact) mass is 327 g/mol. The smallest absolute Gasteiger partial charge is 0.254 e. The molecule has 3 aromatic rings.